The van der Waals surface area contributed by atoms with Gasteiger partial charge in [-0.3, -0.25) is 0 Å². The lowest BCUT2D eigenvalue weighted by Gasteiger charge is -2.41. The van der Waals surface area contributed by atoms with Gasteiger partial charge >= 0.3 is 6.18 Å². The van der Waals surface area contributed by atoms with E-state index in [9.17, 15) is 13.2 Å². The molecule has 0 saturated carbocycles. The molecule has 6 heteroatoms. The number of hydrogen-bond acceptors (Lipinski definition) is 2. The van der Waals surface area contributed by atoms with Gasteiger partial charge in [0.15, 0.2) is 0 Å². The first-order valence-electron chi connectivity index (χ1n) is 7.19. The molecule has 1 fully saturated rings. The standard InChI is InChI=1S/C15H20BrF3N2/c1-3-4-12-9-21(10(2)8-20-12)14-6-5-11(16)7-13(14)15(17,18)19/h5-7,10,12,20H,3-4,8-9H2,1-2H3. The number of nitrogens with zero attached hydrogens (tertiary/aromatic N) is 1. The average molecular weight is 365 g/mol. The average Bonchev–Trinajstić information content (AvgIpc) is 2.40. The van der Waals surface area contributed by atoms with Crippen molar-refractivity contribution >= 4 is 21.6 Å². The molecule has 1 aliphatic heterocycles. The molecule has 2 nitrogen and oxygen atoms in total. The van der Waals surface area contributed by atoms with Gasteiger partial charge in [0.25, 0.3) is 0 Å². The van der Waals surface area contributed by atoms with Crippen molar-refractivity contribution in [2.75, 3.05) is 18.0 Å². The van der Waals surface area contributed by atoms with E-state index in [2.05, 4.69) is 28.2 Å². The van der Waals surface area contributed by atoms with Gasteiger partial charge in [0.05, 0.1) is 5.56 Å². The summed E-state index contributed by atoms with van der Waals surface area (Å²) in [4.78, 5) is 1.88. The van der Waals surface area contributed by atoms with Crippen molar-refractivity contribution in [2.24, 2.45) is 0 Å². The molecular formula is C15H20BrF3N2. The van der Waals surface area contributed by atoms with Crippen molar-refractivity contribution in [2.45, 2.75) is 44.9 Å². The molecule has 1 heterocycles. The van der Waals surface area contributed by atoms with E-state index in [0.717, 1.165) is 12.8 Å². The fourth-order valence-electron chi connectivity index (χ4n) is 2.79. The normalized spacial score (nSPS) is 23.4. The van der Waals surface area contributed by atoms with E-state index in [4.69, 9.17) is 0 Å². The number of piperazine rings is 1. The molecule has 1 aromatic carbocycles. The molecule has 1 N–H and O–H groups in total. The molecule has 0 aliphatic carbocycles. The number of halogens is 4. The molecule has 118 valence electrons. The van der Waals surface area contributed by atoms with Crippen molar-refractivity contribution in [1.29, 1.82) is 0 Å². The number of rotatable bonds is 3. The topological polar surface area (TPSA) is 15.3 Å². The third-order valence-electron chi connectivity index (χ3n) is 3.86. The first kappa shape index (κ1) is 16.6. The maximum absolute atomic E-state index is 13.3. The summed E-state index contributed by atoms with van der Waals surface area (Å²) in [6.07, 6.45) is -2.35. The Hall–Kier alpha value is -0.750. The van der Waals surface area contributed by atoms with Crippen LogP contribution in [0.4, 0.5) is 18.9 Å². The van der Waals surface area contributed by atoms with E-state index >= 15 is 0 Å². The van der Waals surface area contributed by atoms with Gasteiger partial charge in [0.2, 0.25) is 0 Å². The van der Waals surface area contributed by atoms with E-state index < -0.39 is 11.7 Å². The molecule has 0 bridgehead atoms. The zero-order valence-electron chi connectivity index (χ0n) is 12.2. The number of nitrogens with one attached hydrogen (secondary N) is 1. The van der Waals surface area contributed by atoms with Gasteiger partial charge in [-0.05, 0) is 31.5 Å². The van der Waals surface area contributed by atoms with Crippen molar-refractivity contribution in [3.8, 4) is 0 Å². The third kappa shape index (κ3) is 3.92. The summed E-state index contributed by atoms with van der Waals surface area (Å²) < 4.78 is 40.3. The zero-order chi connectivity index (χ0) is 15.6. The van der Waals surface area contributed by atoms with E-state index in [1.165, 1.54) is 6.07 Å². The SMILES string of the molecule is CCCC1CN(c2ccc(Br)cc2C(F)(F)F)C(C)CN1. The highest BCUT2D eigenvalue weighted by atomic mass is 79.9. The maximum atomic E-state index is 13.3. The van der Waals surface area contributed by atoms with Crippen LogP contribution in [0.25, 0.3) is 0 Å². The summed E-state index contributed by atoms with van der Waals surface area (Å²) in [6, 6.07) is 4.70. The van der Waals surface area contributed by atoms with Gasteiger partial charge in [0, 0.05) is 35.3 Å². The summed E-state index contributed by atoms with van der Waals surface area (Å²) in [5, 5.41) is 3.41. The molecule has 0 amide bonds. The van der Waals surface area contributed by atoms with Crippen molar-refractivity contribution in [3.63, 3.8) is 0 Å². The molecule has 2 atom stereocenters. The molecule has 21 heavy (non-hydrogen) atoms. The Morgan fingerprint density at radius 2 is 2.10 bits per heavy atom. The van der Waals surface area contributed by atoms with Gasteiger partial charge < -0.3 is 10.2 Å². The second kappa shape index (κ2) is 6.57. The predicted molar refractivity (Wildman–Crippen MR) is 82.7 cm³/mol. The van der Waals surface area contributed by atoms with Crippen molar-refractivity contribution in [3.05, 3.63) is 28.2 Å². The molecule has 1 saturated heterocycles. The van der Waals surface area contributed by atoms with E-state index in [1.807, 2.05) is 11.8 Å². The van der Waals surface area contributed by atoms with Crippen molar-refractivity contribution < 1.29 is 13.2 Å². The van der Waals surface area contributed by atoms with E-state index in [0.29, 0.717) is 17.6 Å². The van der Waals surface area contributed by atoms with Crippen LogP contribution >= 0.6 is 15.9 Å². The molecule has 1 aliphatic rings. The van der Waals surface area contributed by atoms with Gasteiger partial charge in [-0.25, -0.2) is 0 Å². The Morgan fingerprint density at radius 3 is 2.71 bits per heavy atom. The summed E-state index contributed by atoms with van der Waals surface area (Å²) in [5.41, 5.74) is -0.290. The minimum absolute atomic E-state index is 0.0420. The van der Waals surface area contributed by atoms with E-state index in [1.54, 1.807) is 12.1 Å². The minimum atomic E-state index is -4.34. The lowest BCUT2D eigenvalue weighted by molar-refractivity contribution is -0.137. The Morgan fingerprint density at radius 1 is 1.38 bits per heavy atom. The fraction of sp³-hybridized carbons (Fsp3) is 0.600. The van der Waals surface area contributed by atoms with Crippen LogP contribution in [0.3, 0.4) is 0 Å². The van der Waals surface area contributed by atoms with Crippen LogP contribution in [0, 0.1) is 0 Å². The number of benzene rings is 1. The van der Waals surface area contributed by atoms with Gasteiger partial charge in [0.1, 0.15) is 0 Å². The first-order chi connectivity index (χ1) is 9.82. The maximum Gasteiger partial charge on any atom is 0.418 e. The lowest BCUT2D eigenvalue weighted by Crippen LogP contribution is -2.55. The van der Waals surface area contributed by atoms with Crippen LogP contribution in [0.2, 0.25) is 0 Å². The Bertz CT molecular complexity index is 490. The van der Waals surface area contributed by atoms with Crippen molar-refractivity contribution in [1.82, 2.24) is 5.32 Å². The Balaban J connectivity index is 2.35. The Kier molecular flexibility index (Phi) is 5.20. The lowest BCUT2D eigenvalue weighted by atomic mass is 10.0. The highest BCUT2D eigenvalue weighted by Gasteiger charge is 2.37. The molecule has 0 radical (unpaired) electrons. The van der Waals surface area contributed by atoms with E-state index in [-0.39, 0.29) is 17.8 Å². The van der Waals surface area contributed by atoms with Crippen LogP contribution in [0.1, 0.15) is 32.3 Å². The molecular weight excluding hydrogens is 345 g/mol. The van der Waals surface area contributed by atoms with Gasteiger partial charge in [-0.2, -0.15) is 13.2 Å². The second-order valence-electron chi connectivity index (χ2n) is 5.55. The van der Waals surface area contributed by atoms with Crippen LogP contribution in [-0.2, 0) is 6.18 Å². The monoisotopic (exact) mass is 364 g/mol. The first-order valence-corrected chi connectivity index (χ1v) is 7.99. The molecule has 0 aromatic heterocycles. The molecule has 1 aromatic rings. The van der Waals surface area contributed by atoms with Crippen LogP contribution in [0.5, 0.6) is 0 Å². The van der Waals surface area contributed by atoms with Crippen LogP contribution in [0.15, 0.2) is 22.7 Å². The number of alkyl halides is 3. The minimum Gasteiger partial charge on any atom is -0.365 e. The summed E-state index contributed by atoms with van der Waals surface area (Å²) in [7, 11) is 0. The quantitative estimate of drug-likeness (QED) is 0.852. The second-order valence-corrected chi connectivity index (χ2v) is 6.47. The summed E-state index contributed by atoms with van der Waals surface area (Å²) in [6.45, 7) is 5.36. The van der Waals surface area contributed by atoms with Crippen LogP contribution in [-0.4, -0.2) is 25.2 Å². The summed E-state index contributed by atoms with van der Waals surface area (Å²) >= 11 is 3.13. The molecule has 2 rings (SSSR count). The highest BCUT2D eigenvalue weighted by molar-refractivity contribution is 9.10. The fourth-order valence-corrected chi connectivity index (χ4v) is 3.15. The number of anilines is 1. The zero-order valence-corrected chi connectivity index (χ0v) is 13.8. The summed E-state index contributed by atoms with van der Waals surface area (Å²) in [5.74, 6) is 0. The highest BCUT2D eigenvalue weighted by Crippen LogP contribution is 2.39. The third-order valence-corrected chi connectivity index (χ3v) is 4.35. The molecule has 2 unspecified atom stereocenters. The molecule has 0 spiro atoms. The smallest absolute Gasteiger partial charge is 0.365 e. The number of hydrogen-bond donors (Lipinski definition) is 1. The van der Waals surface area contributed by atoms with Gasteiger partial charge in [-0.15, -0.1) is 0 Å². The largest absolute Gasteiger partial charge is 0.418 e. The Labute approximate surface area is 131 Å². The van der Waals surface area contributed by atoms with Crippen LogP contribution < -0.4 is 10.2 Å². The predicted octanol–water partition coefficient (Wildman–Crippen LogP) is 4.43. The van der Waals surface area contributed by atoms with Gasteiger partial charge in [-0.1, -0.05) is 29.3 Å².